The van der Waals surface area contributed by atoms with Crippen molar-refractivity contribution in [2.24, 2.45) is 5.92 Å². The average Bonchev–Trinajstić information content (AvgIpc) is 2.71. The Balaban J connectivity index is -0.0000000310. The maximum Gasteiger partial charge on any atom is 2.00 e. The molecule has 0 saturated heterocycles. The summed E-state index contributed by atoms with van der Waals surface area (Å²) < 4.78 is 0. The van der Waals surface area contributed by atoms with E-state index in [4.69, 9.17) is 20.7 Å². The average molecular weight is 903 g/mol. The van der Waals surface area contributed by atoms with Crippen molar-refractivity contribution in [2.75, 3.05) is 0 Å². The summed E-state index contributed by atoms with van der Waals surface area (Å²) >= 11 is 0. The van der Waals surface area contributed by atoms with Crippen molar-refractivity contribution in [2.45, 2.75) is 101 Å². The van der Waals surface area contributed by atoms with Crippen molar-refractivity contribution < 1.29 is 76.9 Å². The zero-order valence-corrected chi connectivity index (χ0v) is 30.8. The van der Waals surface area contributed by atoms with Crippen LogP contribution in [0, 0.1) is 112 Å². The van der Waals surface area contributed by atoms with Gasteiger partial charge in [0.25, 0.3) is 0 Å². The van der Waals surface area contributed by atoms with Crippen LogP contribution in [0.1, 0.15) is 101 Å². The SMILES string of the molecule is C#C.CC.CC.CCCC(C)=N.C[C-](C)C.C[C-]=O.[CH2-]CC(C[CH2-])CC(=N)C(=O)O.[U+2].[U+2]. The Morgan fingerprint density at radius 1 is 1.03 bits per heavy atom. The van der Waals surface area contributed by atoms with E-state index in [9.17, 15) is 4.79 Å². The molecule has 7 heteroatoms. The van der Waals surface area contributed by atoms with Gasteiger partial charge in [-0.2, -0.15) is 40.5 Å². The van der Waals surface area contributed by atoms with Gasteiger partial charge in [-0.05, 0) is 19.8 Å². The van der Waals surface area contributed by atoms with Crippen LogP contribution in [0.4, 0.5) is 0 Å². The van der Waals surface area contributed by atoms with Gasteiger partial charge in [0.15, 0.2) is 0 Å². The van der Waals surface area contributed by atoms with Gasteiger partial charge in [0.1, 0.15) is 5.71 Å². The Morgan fingerprint density at radius 3 is 1.38 bits per heavy atom. The molecule has 0 aromatic heterocycles. The Hall–Kier alpha value is 0.144. The first kappa shape index (κ1) is 58.2. The molecule has 0 rings (SSSR count). The third kappa shape index (κ3) is 112. The van der Waals surface area contributed by atoms with E-state index in [1.807, 2.05) is 34.6 Å². The van der Waals surface area contributed by atoms with Crippen molar-refractivity contribution >= 4 is 23.7 Å². The van der Waals surface area contributed by atoms with Gasteiger partial charge in [-0.3, -0.25) is 11.7 Å². The normalized spacial score (nSPS) is 7.00. The zero-order chi connectivity index (χ0) is 26.1. The third-order valence-corrected chi connectivity index (χ3v) is 2.19. The van der Waals surface area contributed by atoms with Crippen LogP contribution in [0.2, 0.25) is 0 Å². The molecule has 0 aromatic carbocycles. The van der Waals surface area contributed by atoms with Gasteiger partial charge in [0.05, 0.1) is 0 Å². The smallest absolute Gasteiger partial charge is 0.542 e. The number of aliphatic carboxylic acids is 1. The fourth-order valence-corrected chi connectivity index (χ4v) is 1.10. The van der Waals surface area contributed by atoms with E-state index in [2.05, 4.69) is 54.4 Å². The molecule has 0 aliphatic heterocycles. The first-order chi connectivity index (χ1) is 14.0. The quantitative estimate of drug-likeness (QED) is 0.141. The van der Waals surface area contributed by atoms with Crippen molar-refractivity contribution in [1.29, 1.82) is 10.8 Å². The molecule has 186 valence electrons. The first-order valence-corrected chi connectivity index (χ1v) is 10.4. The van der Waals surface area contributed by atoms with Crippen LogP contribution in [0.25, 0.3) is 0 Å². The summed E-state index contributed by atoms with van der Waals surface area (Å²) in [6, 6.07) is 0. The summed E-state index contributed by atoms with van der Waals surface area (Å²) in [4.78, 5) is 18.9. The van der Waals surface area contributed by atoms with Crippen molar-refractivity contribution in [3.05, 3.63) is 19.8 Å². The van der Waals surface area contributed by atoms with Crippen LogP contribution >= 0.6 is 0 Å². The van der Waals surface area contributed by atoms with Crippen LogP contribution in [-0.2, 0) is 9.59 Å². The summed E-state index contributed by atoms with van der Waals surface area (Å²) in [6.45, 7) is 26.8. The Kier molecular flexibility index (Phi) is 115. The third-order valence-electron chi connectivity index (χ3n) is 2.19. The number of nitrogens with one attached hydrogen (secondary N) is 2. The fraction of sp³-hybridized carbons (Fsp3) is 0.640. The number of hydrogen-bond acceptors (Lipinski definition) is 4. The second kappa shape index (κ2) is 63.3. The number of rotatable bonds is 7. The van der Waals surface area contributed by atoms with E-state index in [0.29, 0.717) is 12.8 Å². The van der Waals surface area contributed by atoms with Gasteiger partial charge in [0.2, 0.25) is 0 Å². The molecule has 3 N–H and O–H groups in total. The van der Waals surface area contributed by atoms with Gasteiger partial charge in [-0.1, -0.05) is 47.0 Å². The Labute approximate surface area is 249 Å². The van der Waals surface area contributed by atoms with E-state index < -0.39 is 5.97 Å². The number of hydrogen-bond donors (Lipinski definition) is 3. The molecule has 0 spiro atoms. The molecular weight excluding hydrogens is 852 g/mol. The van der Waals surface area contributed by atoms with E-state index >= 15 is 0 Å². The zero-order valence-electron chi connectivity index (χ0n) is 22.4. The van der Waals surface area contributed by atoms with Crippen molar-refractivity contribution in [1.82, 2.24) is 0 Å². The minimum absolute atomic E-state index is 0. The first-order valence-electron chi connectivity index (χ1n) is 10.4. The predicted octanol–water partition coefficient (Wildman–Crippen LogP) is 7.41. The summed E-state index contributed by atoms with van der Waals surface area (Å²) in [6.07, 6.45) is 13.1. The molecule has 0 fully saturated rings. The molecular formula is C25H50N2O3U2. The number of carbonyl (C=O) groups excluding carboxylic acids is 1. The minimum atomic E-state index is -1.14. The molecule has 0 amide bonds. The van der Waals surface area contributed by atoms with Crippen LogP contribution in [0.15, 0.2) is 0 Å². The van der Waals surface area contributed by atoms with Gasteiger partial charge in [0, 0.05) is 5.71 Å². The maximum absolute atomic E-state index is 10.2. The second-order valence-corrected chi connectivity index (χ2v) is 5.67. The Morgan fingerprint density at radius 2 is 1.28 bits per heavy atom. The standard InChI is InChI=1S/C8H13NO2.C5H11N.C4H9.C2H3O.2C2H6.C2H2.2U/c1-3-6(4-2)5-7(9)8(10)11;1-3-4-5(2)6;1-4(2)3;1-2-3;3*1-2;;/h6,9H,1-5H2,(H,10,11);6H,3-4H2,1-2H3;1-3H3;1H3;2*1-2H3;1-2H;;/q-2;;2*-1;;;;2*+2. The number of carbonyl (C=O) groups is 1. The summed E-state index contributed by atoms with van der Waals surface area (Å²) in [7, 11) is 0. The molecule has 32 heavy (non-hydrogen) atoms. The molecule has 0 saturated carbocycles. The van der Waals surface area contributed by atoms with Crippen molar-refractivity contribution in [3.8, 4) is 12.8 Å². The fourth-order valence-electron chi connectivity index (χ4n) is 1.10. The number of carboxylic acid groups (broad SMARTS) is 1. The predicted molar refractivity (Wildman–Crippen MR) is 136 cm³/mol. The maximum atomic E-state index is 10.2. The van der Waals surface area contributed by atoms with Crippen LogP contribution in [0.3, 0.4) is 0 Å². The monoisotopic (exact) mass is 902 g/mol. The van der Waals surface area contributed by atoms with E-state index in [1.54, 1.807) is 0 Å². The topological polar surface area (TPSA) is 102 Å². The molecule has 0 bridgehead atoms. The summed E-state index contributed by atoms with van der Waals surface area (Å²) in [5.74, 6) is 0.412. The van der Waals surface area contributed by atoms with E-state index in [0.717, 1.165) is 18.6 Å². The molecule has 0 aliphatic carbocycles. The molecule has 0 aliphatic rings. The van der Waals surface area contributed by atoms with Gasteiger partial charge < -0.3 is 35.1 Å². The van der Waals surface area contributed by atoms with E-state index in [-0.39, 0.29) is 80.3 Å². The van der Waals surface area contributed by atoms with Crippen molar-refractivity contribution in [3.63, 3.8) is 0 Å². The molecule has 0 atom stereocenters. The second-order valence-electron chi connectivity index (χ2n) is 5.67. The number of carboxylic acids is 1. The minimum Gasteiger partial charge on any atom is -0.542 e. The molecule has 0 aromatic rings. The van der Waals surface area contributed by atoms with Crippen LogP contribution < -0.4 is 0 Å². The summed E-state index contributed by atoms with van der Waals surface area (Å²) in [5, 5.41) is 22.3. The van der Waals surface area contributed by atoms with E-state index in [1.165, 1.54) is 19.1 Å². The van der Waals surface area contributed by atoms with Gasteiger partial charge >= 0.3 is 68.2 Å². The van der Waals surface area contributed by atoms with Gasteiger partial charge in [-0.25, -0.2) is 4.79 Å². The van der Waals surface area contributed by atoms with Crippen LogP contribution in [-0.4, -0.2) is 28.8 Å². The summed E-state index contributed by atoms with van der Waals surface area (Å²) in [5.41, 5.74) is 0.541. The Bertz CT molecular complexity index is 367. The molecule has 0 heterocycles. The number of terminal acetylenes is 1. The van der Waals surface area contributed by atoms with Gasteiger partial charge in [-0.15, -0.1) is 12.8 Å². The molecule has 0 radical (unpaired) electrons. The molecule has 0 unspecified atom stereocenters. The molecule has 5 nitrogen and oxygen atoms in total. The largest absolute Gasteiger partial charge is 2.00 e. The van der Waals surface area contributed by atoms with Crippen LogP contribution in [0.5, 0.6) is 0 Å².